The van der Waals surface area contributed by atoms with E-state index in [2.05, 4.69) is 41.4 Å². The van der Waals surface area contributed by atoms with Gasteiger partial charge in [0.15, 0.2) is 0 Å². The number of benzene rings is 3. The Morgan fingerprint density at radius 3 is 2.17 bits per heavy atom. The van der Waals surface area contributed by atoms with Gasteiger partial charge in [0, 0.05) is 16.3 Å². The molecule has 0 saturated heterocycles. The topological polar surface area (TPSA) is 12.4 Å². The fourth-order valence-electron chi connectivity index (χ4n) is 2.51. The van der Waals surface area contributed by atoms with Gasteiger partial charge in [0.05, 0.1) is 6.04 Å². The highest BCUT2D eigenvalue weighted by atomic mass is 35.5. The zero-order chi connectivity index (χ0) is 16.9. The smallest absolute Gasteiger partial charge is 0.0735 e. The van der Waals surface area contributed by atoms with E-state index in [-0.39, 0.29) is 6.04 Å². The second-order valence-corrected chi connectivity index (χ2v) is 6.45. The molecule has 3 heteroatoms. The number of rotatable bonds is 4. The van der Waals surface area contributed by atoms with Gasteiger partial charge in [-0.05, 0) is 41.3 Å². The van der Waals surface area contributed by atoms with Gasteiger partial charge >= 0.3 is 0 Å². The summed E-state index contributed by atoms with van der Waals surface area (Å²) in [6, 6.07) is 24.2. The van der Waals surface area contributed by atoms with Crippen molar-refractivity contribution >= 4 is 29.4 Å². The van der Waals surface area contributed by atoms with Crippen LogP contribution in [-0.2, 0) is 0 Å². The van der Waals surface area contributed by atoms with Gasteiger partial charge in [0.1, 0.15) is 0 Å². The third kappa shape index (κ3) is 4.05. The van der Waals surface area contributed by atoms with E-state index in [0.29, 0.717) is 10.0 Å². The minimum absolute atomic E-state index is 0.0245. The van der Waals surface area contributed by atoms with E-state index in [9.17, 15) is 0 Å². The van der Waals surface area contributed by atoms with Crippen molar-refractivity contribution in [1.29, 1.82) is 0 Å². The van der Waals surface area contributed by atoms with Crippen molar-refractivity contribution < 1.29 is 0 Å². The Morgan fingerprint density at radius 1 is 0.833 bits per heavy atom. The zero-order valence-corrected chi connectivity index (χ0v) is 14.8. The second kappa shape index (κ2) is 7.65. The van der Waals surface area contributed by atoms with Crippen molar-refractivity contribution in [1.82, 2.24) is 0 Å². The zero-order valence-electron chi connectivity index (χ0n) is 13.3. The maximum atomic E-state index is 6.24. The third-order valence-corrected chi connectivity index (χ3v) is 4.44. The molecule has 0 N–H and O–H groups in total. The van der Waals surface area contributed by atoms with E-state index < -0.39 is 0 Å². The molecule has 0 spiro atoms. The van der Waals surface area contributed by atoms with Crippen LogP contribution in [0.2, 0.25) is 10.0 Å². The van der Waals surface area contributed by atoms with Crippen molar-refractivity contribution in [3.8, 4) is 11.1 Å². The summed E-state index contributed by atoms with van der Waals surface area (Å²) in [7, 11) is 0. The molecule has 24 heavy (non-hydrogen) atoms. The maximum Gasteiger partial charge on any atom is 0.0735 e. The highest BCUT2D eigenvalue weighted by molar-refractivity contribution is 6.35. The lowest BCUT2D eigenvalue weighted by Crippen LogP contribution is -1.92. The summed E-state index contributed by atoms with van der Waals surface area (Å²) in [4.78, 5) is 4.61. The quantitative estimate of drug-likeness (QED) is 0.455. The molecule has 0 aromatic heterocycles. The molecule has 0 aliphatic rings. The predicted molar refractivity (Wildman–Crippen MR) is 104 cm³/mol. The largest absolute Gasteiger partial charge is 0.285 e. The molecule has 1 nitrogen and oxygen atoms in total. The molecule has 0 fully saturated rings. The first-order valence-corrected chi connectivity index (χ1v) is 8.53. The Balaban J connectivity index is 1.74. The Morgan fingerprint density at radius 2 is 1.50 bits per heavy atom. The number of nitrogens with zero attached hydrogens (tertiary/aromatic N) is 1. The number of halogens is 2. The van der Waals surface area contributed by atoms with Crippen molar-refractivity contribution in [3.05, 3.63) is 94.0 Å². The SMILES string of the molecule is C[C@@H](N=Cc1ccc(-c2ccccc2)cc1)c1ccc(Cl)cc1Cl. The summed E-state index contributed by atoms with van der Waals surface area (Å²) in [6.07, 6.45) is 1.88. The van der Waals surface area contributed by atoms with Crippen LogP contribution in [0.25, 0.3) is 11.1 Å². The lowest BCUT2D eigenvalue weighted by Gasteiger charge is -2.09. The Labute approximate surface area is 152 Å². The number of hydrogen-bond donors (Lipinski definition) is 0. The molecule has 120 valence electrons. The molecule has 0 saturated carbocycles. The van der Waals surface area contributed by atoms with E-state index in [4.69, 9.17) is 23.2 Å². The van der Waals surface area contributed by atoms with Crippen molar-refractivity contribution in [3.63, 3.8) is 0 Å². The Kier molecular flexibility index (Phi) is 5.34. The van der Waals surface area contributed by atoms with Gasteiger partial charge in [0.2, 0.25) is 0 Å². The van der Waals surface area contributed by atoms with Crippen LogP contribution in [0.5, 0.6) is 0 Å². The van der Waals surface area contributed by atoms with Gasteiger partial charge in [-0.2, -0.15) is 0 Å². The monoisotopic (exact) mass is 353 g/mol. The molecule has 0 aliphatic heterocycles. The molecule has 0 aliphatic carbocycles. The first kappa shape index (κ1) is 16.8. The molecule has 0 amide bonds. The first-order valence-electron chi connectivity index (χ1n) is 7.77. The van der Waals surface area contributed by atoms with Crippen LogP contribution < -0.4 is 0 Å². The van der Waals surface area contributed by atoms with Gasteiger partial charge < -0.3 is 0 Å². The van der Waals surface area contributed by atoms with Crippen LogP contribution in [0.15, 0.2) is 77.8 Å². The summed E-state index contributed by atoms with van der Waals surface area (Å²) in [5.74, 6) is 0. The summed E-state index contributed by atoms with van der Waals surface area (Å²) >= 11 is 12.2. The first-order chi connectivity index (χ1) is 11.6. The second-order valence-electron chi connectivity index (χ2n) is 5.61. The average Bonchev–Trinajstić information content (AvgIpc) is 2.61. The van der Waals surface area contributed by atoms with Crippen LogP contribution >= 0.6 is 23.2 Å². The van der Waals surface area contributed by atoms with Crippen molar-refractivity contribution in [2.45, 2.75) is 13.0 Å². The fraction of sp³-hybridized carbons (Fsp3) is 0.0952. The molecule has 1 atom stereocenters. The van der Waals surface area contributed by atoms with Crippen LogP contribution in [-0.4, -0.2) is 6.21 Å². The molecular weight excluding hydrogens is 337 g/mol. The Hall–Kier alpha value is -2.09. The lowest BCUT2D eigenvalue weighted by atomic mass is 10.0. The van der Waals surface area contributed by atoms with Gasteiger partial charge in [-0.3, -0.25) is 4.99 Å². The molecule has 3 aromatic carbocycles. The maximum absolute atomic E-state index is 6.24. The number of hydrogen-bond acceptors (Lipinski definition) is 1. The van der Waals surface area contributed by atoms with Gasteiger partial charge in [0.25, 0.3) is 0 Å². The molecular formula is C21H17Cl2N. The van der Waals surface area contributed by atoms with E-state index in [1.807, 2.05) is 43.5 Å². The van der Waals surface area contributed by atoms with Crippen LogP contribution in [0.1, 0.15) is 24.1 Å². The highest BCUT2D eigenvalue weighted by Crippen LogP contribution is 2.28. The molecule has 0 bridgehead atoms. The predicted octanol–water partition coefficient (Wildman–Crippen LogP) is 6.84. The van der Waals surface area contributed by atoms with Gasteiger partial charge in [-0.15, -0.1) is 0 Å². The lowest BCUT2D eigenvalue weighted by molar-refractivity contribution is 0.825. The molecule has 0 heterocycles. The van der Waals surface area contributed by atoms with E-state index in [0.717, 1.165) is 11.1 Å². The molecule has 0 unspecified atom stereocenters. The third-order valence-electron chi connectivity index (χ3n) is 3.88. The summed E-state index contributed by atoms with van der Waals surface area (Å²) in [6.45, 7) is 2.02. The highest BCUT2D eigenvalue weighted by Gasteiger charge is 2.08. The van der Waals surface area contributed by atoms with E-state index in [1.165, 1.54) is 11.1 Å². The van der Waals surface area contributed by atoms with Crippen LogP contribution in [0, 0.1) is 0 Å². The minimum Gasteiger partial charge on any atom is -0.285 e. The minimum atomic E-state index is -0.0245. The van der Waals surface area contributed by atoms with Gasteiger partial charge in [-0.25, -0.2) is 0 Å². The average molecular weight is 354 g/mol. The van der Waals surface area contributed by atoms with Crippen molar-refractivity contribution in [2.75, 3.05) is 0 Å². The van der Waals surface area contributed by atoms with Crippen LogP contribution in [0.4, 0.5) is 0 Å². The molecule has 0 radical (unpaired) electrons. The standard InChI is InChI=1S/C21H17Cl2N/c1-15(20-12-11-19(22)13-21(20)23)24-14-16-7-9-18(10-8-16)17-5-3-2-4-6-17/h2-15H,1H3/t15-/m1/s1. The summed E-state index contributed by atoms with van der Waals surface area (Å²) < 4.78 is 0. The Bertz CT molecular complexity index is 839. The number of aliphatic imine (C=N–C) groups is 1. The van der Waals surface area contributed by atoms with Crippen molar-refractivity contribution in [2.24, 2.45) is 4.99 Å². The molecule has 3 rings (SSSR count). The summed E-state index contributed by atoms with van der Waals surface area (Å²) in [5.41, 5.74) is 4.44. The summed E-state index contributed by atoms with van der Waals surface area (Å²) in [5, 5.41) is 1.28. The van der Waals surface area contributed by atoms with Gasteiger partial charge in [-0.1, -0.05) is 83.9 Å². The molecule has 3 aromatic rings. The normalized spacial score (nSPS) is 12.5. The van der Waals surface area contributed by atoms with E-state index in [1.54, 1.807) is 6.07 Å². The van der Waals surface area contributed by atoms with E-state index >= 15 is 0 Å². The van der Waals surface area contributed by atoms with Crippen LogP contribution in [0.3, 0.4) is 0 Å². The fourth-order valence-corrected chi connectivity index (χ4v) is 3.08.